The van der Waals surface area contributed by atoms with Crippen LogP contribution in [0.3, 0.4) is 0 Å². The third-order valence-electron chi connectivity index (χ3n) is 3.22. The van der Waals surface area contributed by atoms with E-state index in [1.54, 1.807) is 0 Å². The quantitative estimate of drug-likeness (QED) is 0.869. The molecule has 0 aromatic heterocycles. The van der Waals surface area contributed by atoms with Crippen molar-refractivity contribution in [3.05, 3.63) is 27.8 Å². The van der Waals surface area contributed by atoms with Crippen LogP contribution in [0, 0.1) is 0 Å². The van der Waals surface area contributed by atoms with Crippen molar-refractivity contribution in [1.29, 1.82) is 0 Å². The van der Waals surface area contributed by atoms with Crippen LogP contribution in [0.1, 0.15) is 36.0 Å². The standard InChI is InChI=1S/C13H15ClO3/c14-12-10-5-1-3-8(10)7-9(13(12)17)4-2-6-11(15)16/h7,17H,1-6H2,(H,15,16). The SMILES string of the molecule is O=C(O)CCCc1cc2c(c(Cl)c1O)CCC2. The molecule has 0 unspecified atom stereocenters. The summed E-state index contributed by atoms with van der Waals surface area (Å²) < 4.78 is 0. The number of aryl methyl sites for hydroxylation is 2. The molecular formula is C13H15ClO3. The molecule has 1 aliphatic rings. The minimum absolute atomic E-state index is 0.119. The second-order valence-electron chi connectivity index (χ2n) is 4.44. The fourth-order valence-corrected chi connectivity index (χ4v) is 2.70. The van der Waals surface area contributed by atoms with Crippen molar-refractivity contribution in [3.8, 4) is 5.75 Å². The van der Waals surface area contributed by atoms with Gasteiger partial charge >= 0.3 is 5.97 Å². The lowest BCUT2D eigenvalue weighted by atomic mass is 10.0. The molecule has 0 atom stereocenters. The van der Waals surface area contributed by atoms with Crippen LogP contribution in [0.15, 0.2) is 6.07 Å². The smallest absolute Gasteiger partial charge is 0.303 e. The van der Waals surface area contributed by atoms with E-state index in [-0.39, 0.29) is 12.2 Å². The second kappa shape index (κ2) is 4.96. The topological polar surface area (TPSA) is 57.5 Å². The lowest BCUT2D eigenvalue weighted by Crippen LogP contribution is -1.97. The zero-order valence-electron chi connectivity index (χ0n) is 9.50. The number of carbonyl (C=O) groups is 1. The van der Waals surface area contributed by atoms with Gasteiger partial charge in [0.15, 0.2) is 0 Å². The number of aliphatic carboxylic acids is 1. The molecule has 0 saturated heterocycles. The van der Waals surface area contributed by atoms with E-state index in [0.29, 0.717) is 17.9 Å². The van der Waals surface area contributed by atoms with E-state index in [1.165, 1.54) is 5.56 Å². The zero-order valence-corrected chi connectivity index (χ0v) is 10.3. The maximum atomic E-state index is 10.4. The molecule has 0 amide bonds. The third kappa shape index (κ3) is 2.55. The van der Waals surface area contributed by atoms with Gasteiger partial charge in [-0.25, -0.2) is 0 Å². The van der Waals surface area contributed by atoms with Gasteiger partial charge in [-0.1, -0.05) is 17.7 Å². The first-order valence-corrected chi connectivity index (χ1v) is 6.21. The van der Waals surface area contributed by atoms with Gasteiger partial charge in [-0.15, -0.1) is 0 Å². The lowest BCUT2D eigenvalue weighted by Gasteiger charge is -2.10. The van der Waals surface area contributed by atoms with Crippen molar-refractivity contribution < 1.29 is 15.0 Å². The molecule has 17 heavy (non-hydrogen) atoms. The highest BCUT2D eigenvalue weighted by Crippen LogP contribution is 2.38. The molecule has 0 aliphatic heterocycles. The fraction of sp³-hybridized carbons (Fsp3) is 0.462. The molecular weight excluding hydrogens is 240 g/mol. The fourth-order valence-electron chi connectivity index (χ4n) is 2.36. The monoisotopic (exact) mass is 254 g/mol. The number of carboxylic acid groups (broad SMARTS) is 1. The molecule has 0 radical (unpaired) electrons. The average Bonchev–Trinajstić information content (AvgIpc) is 2.72. The second-order valence-corrected chi connectivity index (χ2v) is 4.81. The summed E-state index contributed by atoms with van der Waals surface area (Å²) in [7, 11) is 0. The molecule has 3 nitrogen and oxygen atoms in total. The zero-order chi connectivity index (χ0) is 12.4. The number of phenols is 1. The minimum Gasteiger partial charge on any atom is -0.506 e. The molecule has 0 spiro atoms. The van der Waals surface area contributed by atoms with Crippen molar-refractivity contribution in [3.63, 3.8) is 0 Å². The highest BCUT2D eigenvalue weighted by Gasteiger charge is 2.19. The number of hydrogen-bond donors (Lipinski definition) is 2. The summed E-state index contributed by atoms with van der Waals surface area (Å²) in [4.78, 5) is 10.4. The van der Waals surface area contributed by atoms with Crippen LogP contribution in [-0.4, -0.2) is 16.2 Å². The highest BCUT2D eigenvalue weighted by atomic mass is 35.5. The first-order chi connectivity index (χ1) is 8.09. The van der Waals surface area contributed by atoms with Gasteiger partial charge in [-0.05, 0) is 48.8 Å². The van der Waals surface area contributed by atoms with E-state index in [0.717, 1.165) is 30.4 Å². The van der Waals surface area contributed by atoms with Crippen LogP contribution in [0.25, 0.3) is 0 Å². The Morgan fingerprint density at radius 1 is 1.41 bits per heavy atom. The maximum Gasteiger partial charge on any atom is 0.303 e. The number of rotatable bonds is 4. The lowest BCUT2D eigenvalue weighted by molar-refractivity contribution is -0.137. The van der Waals surface area contributed by atoms with E-state index in [4.69, 9.17) is 16.7 Å². The van der Waals surface area contributed by atoms with Gasteiger partial charge in [0.2, 0.25) is 0 Å². The number of hydrogen-bond acceptors (Lipinski definition) is 2. The van der Waals surface area contributed by atoms with Gasteiger partial charge in [-0.3, -0.25) is 4.79 Å². The van der Waals surface area contributed by atoms with E-state index < -0.39 is 5.97 Å². The third-order valence-corrected chi connectivity index (χ3v) is 3.63. The molecule has 0 saturated carbocycles. The summed E-state index contributed by atoms with van der Waals surface area (Å²) in [5, 5.41) is 19.0. The molecule has 4 heteroatoms. The molecule has 1 aliphatic carbocycles. The van der Waals surface area contributed by atoms with Crippen LogP contribution in [0.5, 0.6) is 5.75 Å². The summed E-state index contributed by atoms with van der Waals surface area (Å²) in [5.74, 6) is -0.672. The number of aromatic hydroxyl groups is 1. The number of carboxylic acids is 1. The van der Waals surface area contributed by atoms with E-state index >= 15 is 0 Å². The number of fused-ring (bicyclic) bond motifs is 1. The Kier molecular flexibility index (Phi) is 3.57. The molecule has 0 fully saturated rings. The van der Waals surface area contributed by atoms with Crippen molar-refractivity contribution in [1.82, 2.24) is 0 Å². The van der Waals surface area contributed by atoms with Gasteiger partial charge in [0.05, 0.1) is 5.02 Å². The Hall–Kier alpha value is -1.22. The molecule has 92 valence electrons. The van der Waals surface area contributed by atoms with E-state index in [1.807, 2.05) is 6.07 Å². The van der Waals surface area contributed by atoms with Crippen LogP contribution in [-0.2, 0) is 24.1 Å². The van der Waals surface area contributed by atoms with Crippen molar-refractivity contribution in [2.24, 2.45) is 0 Å². The molecule has 0 heterocycles. The van der Waals surface area contributed by atoms with Gasteiger partial charge < -0.3 is 10.2 Å². The van der Waals surface area contributed by atoms with Crippen LogP contribution < -0.4 is 0 Å². The van der Waals surface area contributed by atoms with Gasteiger partial charge in [0.1, 0.15) is 5.75 Å². The minimum atomic E-state index is -0.809. The van der Waals surface area contributed by atoms with E-state index in [2.05, 4.69) is 0 Å². The molecule has 2 rings (SSSR count). The summed E-state index contributed by atoms with van der Waals surface area (Å²) in [6.07, 6.45) is 4.21. The molecule has 1 aromatic carbocycles. The Balaban J connectivity index is 2.17. The first-order valence-electron chi connectivity index (χ1n) is 5.83. The van der Waals surface area contributed by atoms with Gasteiger partial charge in [0, 0.05) is 6.42 Å². The summed E-state index contributed by atoms with van der Waals surface area (Å²) in [6, 6.07) is 1.98. The average molecular weight is 255 g/mol. The Bertz CT molecular complexity index is 454. The van der Waals surface area contributed by atoms with Crippen LogP contribution in [0.2, 0.25) is 5.02 Å². The van der Waals surface area contributed by atoms with Crippen molar-refractivity contribution in [2.45, 2.75) is 38.5 Å². The Labute approximate surface area is 105 Å². The summed E-state index contributed by atoms with van der Waals surface area (Å²) in [6.45, 7) is 0. The largest absolute Gasteiger partial charge is 0.506 e. The summed E-state index contributed by atoms with van der Waals surface area (Å²) in [5.41, 5.74) is 3.04. The molecule has 1 aromatic rings. The number of benzene rings is 1. The van der Waals surface area contributed by atoms with Crippen LogP contribution >= 0.6 is 11.6 Å². The van der Waals surface area contributed by atoms with Gasteiger partial charge in [-0.2, -0.15) is 0 Å². The normalized spacial score (nSPS) is 13.7. The predicted octanol–water partition coefficient (Wildman–Crippen LogP) is 2.94. The first kappa shape index (κ1) is 12.2. The maximum absolute atomic E-state index is 10.4. The number of phenolic OH excluding ortho intramolecular Hbond substituents is 1. The predicted molar refractivity (Wildman–Crippen MR) is 65.7 cm³/mol. The van der Waals surface area contributed by atoms with Gasteiger partial charge in [0.25, 0.3) is 0 Å². The van der Waals surface area contributed by atoms with Crippen LogP contribution in [0.4, 0.5) is 0 Å². The van der Waals surface area contributed by atoms with Crippen molar-refractivity contribution in [2.75, 3.05) is 0 Å². The van der Waals surface area contributed by atoms with E-state index in [9.17, 15) is 9.90 Å². The molecule has 0 bridgehead atoms. The number of halogens is 1. The van der Waals surface area contributed by atoms with Crippen molar-refractivity contribution >= 4 is 17.6 Å². The highest BCUT2D eigenvalue weighted by molar-refractivity contribution is 6.33. The molecule has 2 N–H and O–H groups in total. The Morgan fingerprint density at radius 2 is 2.18 bits per heavy atom. The Morgan fingerprint density at radius 3 is 2.88 bits per heavy atom. The summed E-state index contributed by atoms with van der Waals surface area (Å²) >= 11 is 6.12.